The van der Waals surface area contributed by atoms with Crippen LogP contribution in [-0.4, -0.2) is 19.6 Å². The summed E-state index contributed by atoms with van der Waals surface area (Å²) >= 11 is 5.79. The van der Waals surface area contributed by atoms with Gasteiger partial charge in [0.2, 0.25) is 0 Å². The monoisotopic (exact) mass is 280 g/mol. The summed E-state index contributed by atoms with van der Waals surface area (Å²) in [5.41, 5.74) is 0.858. The lowest BCUT2D eigenvalue weighted by atomic mass is 10.1. The zero-order valence-corrected chi connectivity index (χ0v) is 10.2. The molecule has 0 N–H and O–H groups in total. The first kappa shape index (κ1) is 12.0. The predicted molar refractivity (Wildman–Crippen MR) is 66.2 cm³/mol. The Hall–Kier alpha value is -2.08. The number of fused-ring (bicyclic) bond motifs is 1. The summed E-state index contributed by atoms with van der Waals surface area (Å²) in [4.78, 5) is 8.04. The average Bonchev–Trinajstić information content (AvgIpc) is 2.86. The molecule has 0 atom stereocenters. The van der Waals surface area contributed by atoms with Crippen molar-refractivity contribution in [1.29, 1.82) is 0 Å². The van der Waals surface area contributed by atoms with Gasteiger partial charge in [-0.3, -0.25) is 0 Å². The Balaban J connectivity index is 2.21. The zero-order valence-electron chi connectivity index (χ0n) is 9.46. The molecule has 19 heavy (non-hydrogen) atoms. The van der Waals surface area contributed by atoms with Crippen molar-refractivity contribution in [2.24, 2.45) is 0 Å². The topological polar surface area (TPSA) is 43.1 Å². The standard InChI is InChI=1S/C12H7ClF2N4/c13-8-3-1-7(2-4-8)9-5-10(11(14)15)19-12(18-9)16-6-17-19/h1-6,11H. The highest BCUT2D eigenvalue weighted by Gasteiger charge is 2.16. The fraction of sp³-hybridized carbons (Fsp3) is 0.0833. The van der Waals surface area contributed by atoms with Crippen LogP contribution in [0.25, 0.3) is 17.0 Å². The van der Waals surface area contributed by atoms with Crippen molar-refractivity contribution in [3.63, 3.8) is 0 Å². The van der Waals surface area contributed by atoms with Gasteiger partial charge in [0.05, 0.1) is 5.69 Å². The minimum absolute atomic E-state index is 0.141. The summed E-state index contributed by atoms with van der Waals surface area (Å²) in [6.45, 7) is 0. The number of benzene rings is 1. The molecular formula is C12H7ClF2N4. The summed E-state index contributed by atoms with van der Waals surface area (Å²) in [7, 11) is 0. The molecule has 0 amide bonds. The minimum atomic E-state index is -2.65. The van der Waals surface area contributed by atoms with Gasteiger partial charge in [-0.2, -0.15) is 14.6 Å². The number of nitrogens with zero attached hydrogens (tertiary/aromatic N) is 4. The Kier molecular flexibility index (Phi) is 2.87. The lowest BCUT2D eigenvalue weighted by Gasteiger charge is -2.06. The maximum atomic E-state index is 13.0. The molecule has 0 radical (unpaired) electrons. The van der Waals surface area contributed by atoms with Crippen LogP contribution in [0.4, 0.5) is 8.78 Å². The molecule has 0 saturated carbocycles. The van der Waals surface area contributed by atoms with Gasteiger partial charge >= 0.3 is 0 Å². The molecular weight excluding hydrogens is 274 g/mol. The number of halogens is 3. The van der Waals surface area contributed by atoms with Gasteiger partial charge in [0.25, 0.3) is 12.2 Å². The summed E-state index contributed by atoms with van der Waals surface area (Å²) in [5.74, 6) is 0.141. The first-order valence-corrected chi connectivity index (χ1v) is 5.78. The van der Waals surface area contributed by atoms with Gasteiger partial charge in [0.1, 0.15) is 12.0 Å². The van der Waals surface area contributed by atoms with Crippen molar-refractivity contribution in [2.75, 3.05) is 0 Å². The second-order valence-corrected chi connectivity index (χ2v) is 4.28. The van der Waals surface area contributed by atoms with Gasteiger partial charge in [0.15, 0.2) is 0 Å². The molecule has 0 bridgehead atoms. The van der Waals surface area contributed by atoms with Gasteiger partial charge in [-0.25, -0.2) is 13.8 Å². The van der Waals surface area contributed by atoms with E-state index in [-0.39, 0.29) is 11.5 Å². The van der Waals surface area contributed by atoms with Gasteiger partial charge in [-0.15, -0.1) is 0 Å². The van der Waals surface area contributed by atoms with Gasteiger partial charge in [-0.05, 0) is 18.2 Å². The number of aromatic nitrogens is 4. The average molecular weight is 281 g/mol. The highest BCUT2D eigenvalue weighted by atomic mass is 35.5. The third kappa shape index (κ3) is 2.15. The van der Waals surface area contributed by atoms with E-state index < -0.39 is 6.43 Å². The molecule has 0 aliphatic rings. The lowest BCUT2D eigenvalue weighted by Crippen LogP contribution is -2.02. The van der Waals surface area contributed by atoms with Crippen LogP contribution in [0, 0.1) is 0 Å². The Morgan fingerprint density at radius 1 is 1.16 bits per heavy atom. The lowest BCUT2D eigenvalue weighted by molar-refractivity contribution is 0.143. The van der Waals surface area contributed by atoms with E-state index >= 15 is 0 Å². The largest absolute Gasteiger partial charge is 0.280 e. The number of hydrogen-bond donors (Lipinski definition) is 0. The van der Waals surface area contributed by atoms with Crippen LogP contribution in [0.5, 0.6) is 0 Å². The smallest absolute Gasteiger partial charge is 0.211 e. The molecule has 3 aromatic rings. The maximum Gasteiger partial charge on any atom is 0.280 e. The highest BCUT2D eigenvalue weighted by molar-refractivity contribution is 6.30. The molecule has 4 nitrogen and oxygen atoms in total. The summed E-state index contributed by atoms with van der Waals surface area (Å²) < 4.78 is 27.0. The Morgan fingerprint density at radius 2 is 1.89 bits per heavy atom. The van der Waals surface area contributed by atoms with E-state index in [1.54, 1.807) is 24.3 Å². The number of rotatable bonds is 2. The molecule has 1 aromatic carbocycles. The van der Waals surface area contributed by atoms with E-state index in [9.17, 15) is 8.78 Å². The first-order chi connectivity index (χ1) is 9.15. The van der Waals surface area contributed by atoms with Gasteiger partial charge < -0.3 is 0 Å². The highest BCUT2D eigenvalue weighted by Crippen LogP contribution is 2.25. The molecule has 0 fully saturated rings. The van der Waals surface area contributed by atoms with Crippen molar-refractivity contribution in [3.8, 4) is 11.3 Å². The van der Waals surface area contributed by atoms with Crippen LogP contribution in [0.2, 0.25) is 5.02 Å². The van der Waals surface area contributed by atoms with E-state index in [0.717, 1.165) is 4.52 Å². The third-order valence-electron chi connectivity index (χ3n) is 2.64. The van der Waals surface area contributed by atoms with Crippen LogP contribution in [0.3, 0.4) is 0 Å². The molecule has 0 spiro atoms. The van der Waals surface area contributed by atoms with Crippen molar-refractivity contribution in [2.45, 2.75) is 6.43 Å². The fourth-order valence-electron chi connectivity index (χ4n) is 1.76. The summed E-state index contributed by atoms with van der Waals surface area (Å²) in [6, 6.07) is 8.08. The Morgan fingerprint density at radius 3 is 2.58 bits per heavy atom. The van der Waals surface area contributed by atoms with Gasteiger partial charge in [-0.1, -0.05) is 23.7 Å². The van der Waals surface area contributed by atoms with Crippen molar-refractivity contribution in [1.82, 2.24) is 19.6 Å². The van der Waals surface area contributed by atoms with Gasteiger partial charge in [0, 0.05) is 10.6 Å². The van der Waals surface area contributed by atoms with Crippen LogP contribution in [-0.2, 0) is 0 Å². The van der Waals surface area contributed by atoms with E-state index in [1.165, 1.54) is 12.4 Å². The molecule has 7 heteroatoms. The van der Waals surface area contributed by atoms with E-state index in [2.05, 4.69) is 15.1 Å². The zero-order chi connectivity index (χ0) is 13.4. The van der Waals surface area contributed by atoms with Crippen LogP contribution >= 0.6 is 11.6 Å². The summed E-state index contributed by atoms with van der Waals surface area (Å²) in [5, 5.41) is 4.30. The second kappa shape index (κ2) is 4.55. The van der Waals surface area contributed by atoms with E-state index in [4.69, 9.17) is 11.6 Å². The summed E-state index contributed by atoms with van der Waals surface area (Å²) in [6.07, 6.45) is -1.46. The third-order valence-corrected chi connectivity index (χ3v) is 2.89. The van der Waals surface area contributed by atoms with Crippen LogP contribution in [0.1, 0.15) is 12.1 Å². The first-order valence-electron chi connectivity index (χ1n) is 5.40. The van der Waals surface area contributed by atoms with Crippen LogP contribution < -0.4 is 0 Å². The maximum absolute atomic E-state index is 13.0. The molecule has 2 heterocycles. The molecule has 3 rings (SSSR count). The molecule has 0 aliphatic heterocycles. The molecule has 2 aromatic heterocycles. The minimum Gasteiger partial charge on any atom is -0.211 e. The molecule has 0 aliphatic carbocycles. The Bertz CT molecular complexity index is 724. The SMILES string of the molecule is FC(F)c1cc(-c2ccc(Cl)cc2)nc2ncnn12. The van der Waals surface area contributed by atoms with Crippen molar-refractivity contribution >= 4 is 17.4 Å². The van der Waals surface area contributed by atoms with Crippen molar-refractivity contribution < 1.29 is 8.78 Å². The molecule has 96 valence electrons. The van der Waals surface area contributed by atoms with E-state index in [0.29, 0.717) is 16.3 Å². The second-order valence-electron chi connectivity index (χ2n) is 3.85. The quantitative estimate of drug-likeness (QED) is 0.723. The molecule has 0 saturated heterocycles. The Labute approximate surface area is 111 Å². The normalized spacial score (nSPS) is 11.4. The molecule has 0 unspecified atom stereocenters. The predicted octanol–water partition coefficient (Wildman–Crippen LogP) is 3.38. The fourth-order valence-corrected chi connectivity index (χ4v) is 1.88. The number of hydrogen-bond acceptors (Lipinski definition) is 3. The number of alkyl halides is 2. The van der Waals surface area contributed by atoms with Crippen molar-refractivity contribution in [3.05, 3.63) is 47.4 Å². The van der Waals surface area contributed by atoms with E-state index in [1.807, 2.05) is 0 Å². The van der Waals surface area contributed by atoms with Crippen LogP contribution in [0.15, 0.2) is 36.7 Å².